The summed E-state index contributed by atoms with van der Waals surface area (Å²) in [5, 5.41) is 0. The molecule has 0 aromatic heterocycles. The topological polar surface area (TPSA) is 18.5 Å². The molecule has 0 spiro atoms. The minimum Gasteiger partial charge on any atom is -0.493 e. The molecule has 36 heavy (non-hydrogen) atoms. The summed E-state index contributed by atoms with van der Waals surface area (Å²) in [5.74, 6) is 1.89. The van der Waals surface area contributed by atoms with Crippen LogP contribution in [0.25, 0.3) is 22.3 Å². The van der Waals surface area contributed by atoms with Gasteiger partial charge in [-0.1, -0.05) is 139 Å². The van der Waals surface area contributed by atoms with Crippen molar-refractivity contribution in [2.24, 2.45) is 0 Å². The highest BCUT2D eigenvalue weighted by Gasteiger charge is 2.15. The largest absolute Gasteiger partial charge is 0.493 e. The standard InChI is InChI=1S/C34H46O2/c1-3-5-7-9-11-19-25-35-33-27-32(30-23-17-14-18-24-30)34(36-26-20-12-10-8-6-4-2)28-31(33)29-21-15-13-16-22-29/h13-18,21-24,27-28H,3-12,19-20,25-26H2,1-2H3. The summed E-state index contributed by atoms with van der Waals surface area (Å²) < 4.78 is 12.9. The lowest BCUT2D eigenvalue weighted by atomic mass is 9.98. The number of benzene rings is 3. The minimum absolute atomic E-state index is 0.748. The van der Waals surface area contributed by atoms with Gasteiger partial charge in [-0.25, -0.2) is 0 Å². The first-order chi connectivity index (χ1) is 17.8. The van der Waals surface area contributed by atoms with E-state index in [-0.39, 0.29) is 0 Å². The van der Waals surface area contributed by atoms with Crippen molar-refractivity contribution in [2.75, 3.05) is 13.2 Å². The monoisotopic (exact) mass is 486 g/mol. The van der Waals surface area contributed by atoms with E-state index in [9.17, 15) is 0 Å². The van der Waals surface area contributed by atoms with Crippen LogP contribution >= 0.6 is 0 Å². The third-order valence-corrected chi connectivity index (χ3v) is 6.76. The van der Waals surface area contributed by atoms with E-state index < -0.39 is 0 Å². The number of ether oxygens (including phenoxy) is 2. The number of hydrogen-bond donors (Lipinski definition) is 0. The maximum Gasteiger partial charge on any atom is 0.128 e. The number of hydrogen-bond acceptors (Lipinski definition) is 2. The molecule has 0 heterocycles. The molecule has 0 radical (unpaired) electrons. The minimum atomic E-state index is 0.748. The summed E-state index contributed by atoms with van der Waals surface area (Å²) in [7, 11) is 0. The van der Waals surface area contributed by atoms with Gasteiger partial charge in [-0.3, -0.25) is 0 Å². The van der Waals surface area contributed by atoms with E-state index in [0.29, 0.717) is 0 Å². The molecule has 0 atom stereocenters. The van der Waals surface area contributed by atoms with Gasteiger partial charge in [0.05, 0.1) is 13.2 Å². The number of rotatable bonds is 18. The third kappa shape index (κ3) is 9.37. The zero-order valence-corrected chi connectivity index (χ0v) is 22.6. The predicted molar refractivity (Wildman–Crippen MR) is 155 cm³/mol. The molecule has 0 amide bonds. The Morgan fingerprint density at radius 2 is 0.806 bits per heavy atom. The predicted octanol–water partition coefficient (Wildman–Crippen LogP) is 10.5. The highest BCUT2D eigenvalue weighted by molar-refractivity contribution is 5.81. The average molecular weight is 487 g/mol. The van der Waals surface area contributed by atoms with E-state index in [2.05, 4.69) is 86.6 Å². The normalized spacial score (nSPS) is 10.9. The second-order valence-electron chi connectivity index (χ2n) is 9.81. The molecule has 3 rings (SSSR count). The van der Waals surface area contributed by atoms with Gasteiger partial charge >= 0.3 is 0 Å². The van der Waals surface area contributed by atoms with E-state index in [4.69, 9.17) is 9.47 Å². The summed E-state index contributed by atoms with van der Waals surface area (Å²) >= 11 is 0. The molecule has 0 aliphatic rings. The Morgan fingerprint density at radius 1 is 0.444 bits per heavy atom. The Labute approximate surface area is 220 Å². The molecule has 2 heteroatoms. The molecule has 0 aliphatic heterocycles. The molecule has 194 valence electrons. The lowest BCUT2D eigenvalue weighted by molar-refractivity contribution is 0.298. The molecule has 0 fully saturated rings. The maximum absolute atomic E-state index is 6.44. The quantitative estimate of drug-likeness (QED) is 0.166. The fraction of sp³-hybridized carbons (Fsp3) is 0.471. The van der Waals surface area contributed by atoms with Gasteiger partial charge in [-0.15, -0.1) is 0 Å². The molecule has 0 saturated heterocycles. The Bertz CT molecular complexity index is 884. The van der Waals surface area contributed by atoms with Gasteiger partial charge in [-0.2, -0.15) is 0 Å². The van der Waals surface area contributed by atoms with Crippen LogP contribution in [0.1, 0.15) is 90.9 Å². The number of unbranched alkanes of at least 4 members (excludes halogenated alkanes) is 10. The van der Waals surface area contributed by atoms with Crippen LogP contribution in [-0.2, 0) is 0 Å². The van der Waals surface area contributed by atoms with Crippen molar-refractivity contribution in [1.29, 1.82) is 0 Å². The fourth-order valence-electron chi connectivity index (χ4n) is 4.61. The van der Waals surface area contributed by atoms with Crippen molar-refractivity contribution in [1.82, 2.24) is 0 Å². The summed E-state index contributed by atoms with van der Waals surface area (Å²) in [6, 6.07) is 25.5. The Morgan fingerprint density at radius 3 is 1.19 bits per heavy atom. The van der Waals surface area contributed by atoms with Crippen LogP contribution < -0.4 is 9.47 Å². The molecular formula is C34H46O2. The summed E-state index contributed by atoms with van der Waals surface area (Å²) in [5.41, 5.74) is 4.55. The Hall–Kier alpha value is -2.74. The third-order valence-electron chi connectivity index (χ3n) is 6.76. The molecule has 3 aromatic rings. The molecule has 0 N–H and O–H groups in total. The summed E-state index contributed by atoms with van der Waals surface area (Å²) in [6.07, 6.45) is 15.1. The highest BCUT2D eigenvalue weighted by Crippen LogP contribution is 2.41. The van der Waals surface area contributed by atoms with E-state index in [0.717, 1.165) is 48.7 Å². The van der Waals surface area contributed by atoms with Gasteiger partial charge in [0.1, 0.15) is 11.5 Å². The van der Waals surface area contributed by atoms with Gasteiger partial charge in [0.2, 0.25) is 0 Å². The van der Waals surface area contributed by atoms with Gasteiger partial charge in [0.15, 0.2) is 0 Å². The summed E-state index contributed by atoms with van der Waals surface area (Å²) in [6.45, 7) is 6.02. The molecule has 0 unspecified atom stereocenters. The van der Waals surface area contributed by atoms with Crippen LogP contribution in [0.4, 0.5) is 0 Å². The Kier molecular flexibility index (Phi) is 13.0. The molecule has 0 aliphatic carbocycles. The molecule has 0 saturated carbocycles. The van der Waals surface area contributed by atoms with Crippen LogP contribution in [-0.4, -0.2) is 13.2 Å². The molecule has 3 aromatic carbocycles. The van der Waals surface area contributed by atoms with Crippen LogP contribution in [0.2, 0.25) is 0 Å². The van der Waals surface area contributed by atoms with Crippen LogP contribution in [0.5, 0.6) is 11.5 Å². The SMILES string of the molecule is CCCCCCCCOc1cc(-c2ccccc2)c(OCCCCCCCC)cc1-c1ccccc1. The van der Waals surface area contributed by atoms with Crippen LogP contribution in [0.15, 0.2) is 72.8 Å². The van der Waals surface area contributed by atoms with Crippen molar-refractivity contribution < 1.29 is 9.47 Å². The first-order valence-electron chi connectivity index (χ1n) is 14.4. The average Bonchev–Trinajstić information content (AvgIpc) is 2.93. The van der Waals surface area contributed by atoms with Crippen molar-refractivity contribution in [3.63, 3.8) is 0 Å². The van der Waals surface area contributed by atoms with Gasteiger partial charge in [0, 0.05) is 11.1 Å². The maximum atomic E-state index is 6.44. The Balaban J connectivity index is 1.79. The smallest absolute Gasteiger partial charge is 0.128 e. The van der Waals surface area contributed by atoms with Crippen LogP contribution in [0, 0.1) is 0 Å². The van der Waals surface area contributed by atoms with Gasteiger partial charge in [-0.05, 0) is 36.1 Å². The van der Waals surface area contributed by atoms with Gasteiger partial charge < -0.3 is 9.47 Å². The molecule has 0 bridgehead atoms. The van der Waals surface area contributed by atoms with E-state index >= 15 is 0 Å². The fourth-order valence-corrected chi connectivity index (χ4v) is 4.61. The zero-order valence-electron chi connectivity index (χ0n) is 22.6. The first kappa shape index (κ1) is 27.8. The van der Waals surface area contributed by atoms with Crippen molar-refractivity contribution in [2.45, 2.75) is 90.9 Å². The van der Waals surface area contributed by atoms with Gasteiger partial charge in [0.25, 0.3) is 0 Å². The van der Waals surface area contributed by atoms with Crippen molar-refractivity contribution >= 4 is 0 Å². The van der Waals surface area contributed by atoms with E-state index in [1.165, 1.54) is 75.3 Å². The van der Waals surface area contributed by atoms with Crippen molar-refractivity contribution in [3.05, 3.63) is 72.8 Å². The van der Waals surface area contributed by atoms with E-state index in [1.54, 1.807) is 0 Å². The summed E-state index contributed by atoms with van der Waals surface area (Å²) in [4.78, 5) is 0. The molecular weight excluding hydrogens is 440 g/mol. The van der Waals surface area contributed by atoms with Crippen molar-refractivity contribution in [3.8, 4) is 33.8 Å². The first-order valence-corrected chi connectivity index (χ1v) is 14.4. The second kappa shape index (κ2) is 16.8. The molecule has 2 nitrogen and oxygen atoms in total. The lowest BCUT2D eigenvalue weighted by Gasteiger charge is -2.18. The second-order valence-corrected chi connectivity index (χ2v) is 9.81. The highest BCUT2D eigenvalue weighted by atomic mass is 16.5. The lowest BCUT2D eigenvalue weighted by Crippen LogP contribution is -2.03. The zero-order chi connectivity index (χ0) is 25.3. The van der Waals surface area contributed by atoms with Crippen LogP contribution in [0.3, 0.4) is 0 Å². The van der Waals surface area contributed by atoms with E-state index in [1.807, 2.05) is 0 Å².